The Morgan fingerprint density at radius 3 is 2.29 bits per heavy atom. The number of nitrogens with zero attached hydrogens (tertiary/aromatic N) is 1. The van der Waals surface area contributed by atoms with Crippen LogP contribution < -0.4 is 14.2 Å². The number of carbonyl (C=O) groups is 1. The lowest BCUT2D eigenvalue weighted by atomic mass is 10.1. The van der Waals surface area contributed by atoms with Crippen LogP contribution in [0.4, 0.5) is 9.18 Å². The van der Waals surface area contributed by atoms with E-state index in [1.165, 1.54) is 13.2 Å². The highest BCUT2D eigenvalue weighted by Gasteiger charge is 2.21. The lowest BCUT2D eigenvalue weighted by molar-refractivity contribution is 0.187. The van der Waals surface area contributed by atoms with Crippen molar-refractivity contribution in [3.05, 3.63) is 89.7 Å². The van der Waals surface area contributed by atoms with E-state index in [-0.39, 0.29) is 34.9 Å². The summed E-state index contributed by atoms with van der Waals surface area (Å²) < 4.78 is 49.2. The summed E-state index contributed by atoms with van der Waals surface area (Å²) in [5.41, 5.74) is 1.64. The average Bonchev–Trinajstić information content (AvgIpc) is 2.83. The van der Waals surface area contributed by atoms with Crippen molar-refractivity contribution >= 4 is 16.1 Å². The van der Waals surface area contributed by atoms with Gasteiger partial charge in [-0.1, -0.05) is 50.2 Å². The fourth-order valence-corrected chi connectivity index (χ4v) is 4.35. The molecule has 3 aromatic carbocycles. The molecule has 0 heterocycles. The Kier molecular flexibility index (Phi) is 8.70. The Morgan fingerprint density at radius 2 is 1.66 bits per heavy atom. The summed E-state index contributed by atoms with van der Waals surface area (Å²) in [5, 5.41) is 2.93. The van der Waals surface area contributed by atoms with Gasteiger partial charge >= 0.3 is 16.1 Å². The van der Waals surface area contributed by atoms with E-state index in [4.69, 9.17) is 8.92 Å². The molecule has 0 radical (unpaired) electrons. The lowest BCUT2D eigenvalue weighted by Gasteiger charge is -2.25. The number of nitrogens with one attached hydrogen (secondary N) is 1. The molecule has 0 unspecified atom stereocenters. The van der Waals surface area contributed by atoms with Gasteiger partial charge in [-0.3, -0.25) is 0 Å². The standard InChI is InChI=1S/C26H29FN2O5S/c1-19(2)17-29(26(30)28-16-20-7-5-4-6-8-20)18-21-9-14-24(33-3)25(15-21)34-35(31,32)23-12-10-22(27)11-13-23/h4-15,19H,16-18H2,1-3H3,(H,28,30). The second-order valence-electron chi connectivity index (χ2n) is 8.40. The molecule has 7 nitrogen and oxygen atoms in total. The number of methoxy groups -OCH3 is 1. The van der Waals surface area contributed by atoms with Crippen LogP contribution in [0.5, 0.6) is 11.5 Å². The van der Waals surface area contributed by atoms with Crippen molar-refractivity contribution < 1.29 is 26.5 Å². The van der Waals surface area contributed by atoms with E-state index < -0.39 is 15.9 Å². The fourth-order valence-electron chi connectivity index (χ4n) is 3.42. The van der Waals surface area contributed by atoms with Crippen molar-refractivity contribution in [3.8, 4) is 11.5 Å². The summed E-state index contributed by atoms with van der Waals surface area (Å²) in [7, 11) is -2.82. The Hall–Kier alpha value is -3.59. The first-order valence-corrected chi connectivity index (χ1v) is 12.5. The maximum absolute atomic E-state index is 13.2. The van der Waals surface area contributed by atoms with Crippen LogP contribution in [0.15, 0.2) is 77.7 Å². The maximum atomic E-state index is 13.2. The molecule has 0 bridgehead atoms. The van der Waals surface area contributed by atoms with Crippen molar-refractivity contribution in [3.63, 3.8) is 0 Å². The summed E-state index contributed by atoms with van der Waals surface area (Å²) in [6.45, 7) is 5.14. The first-order valence-electron chi connectivity index (χ1n) is 11.1. The molecule has 3 aromatic rings. The van der Waals surface area contributed by atoms with E-state index in [9.17, 15) is 17.6 Å². The highest BCUT2D eigenvalue weighted by Crippen LogP contribution is 2.31. The van der Waals surface area contributed by atoms with E-state index in [1.807, 2.05) is 44.2 Å². The fraction of sp³-hybridized carbons (Fsp3) is 0.269. The van der Waals surface area contributed by atoms with Crippen LogP contribution in [-0.4, -0.2) is 33.0 Å². The number of halogens is 1. The molecule has 1 N–H and O–H groups in total. The van der Waals surface area contributed by atoms with Crippen molar-refractivity contribution in [1.82, 2.24) is 10.2 Å². The van der Waals surface area contributed by atoms with Gasteiger partial charge in [-0.15, -0.1) is 0 Å². The van der Waals surface area contributed by atoms with Gasteiger partial charge in [0.25, 0.3) is 0 Å². The molecule has 0 aliphatic rings. The monoisotopic (exact) mass is 500 g/mol. The smallest absolute Gasteiger partial charge is 0.339 e. The van der Waals surface area contributed by atoms with Crippen LogP contribution >= 0.6 is 0 Å². The zero-order valence-corrected chi connectivity index (χ0v) is 20.7. The van der Waals surface area contributed by atoms with E-state index in [0.717, 1.165) is 29.8 Å². The number of amides is 2. The predicted octanol–water partition coefficient (Wildman–Crippen LogP) is 4.97. The maximum Gasteiger partial charge on any atom is 0.339 e. The van der Waals surface area contributed by atoms with Gasteiger partial charge in [-0.2, -0.15) is 8.42 Å². The van der Waals surface area contributed by atoms with E-state index in [0.29, 0.717) is 18.7 Å². The second-order valence-corrected chi connectivity index (χ2v) is 9.94. The molecular weight excluding hydrogens is 471 g/mol. The molecule has 0 aliphatic carbocycles. The molecular formula is C26H29FN2O5S. The number of benzene rings is 3. The minimum Gasteiger partial charge on any atom is -0.493 e. The van der Waals surface area contributed by atoms with Crippen LogP contribution in [0.3, 0.4) is 0 Å². The molecule has 0 atom stereocenters. The van der Waals surface area contributed by atoms with Crippen LogP contribution in [0, 0.1) is 11.7 Å². The summed E-state index contributed by atoms with van der Waals surface area (Å²) in [5.74, 6) is -0.156. The average molecular weight is 501 g/mol. The van der Waals surface area contributed by atoms with Crippen molar-refractivity contribution in [1.29, 1.82) is 0 Å². The molecule has 0 fully saturated rings. The number of ether oxygens (including phenoxy) is 1. The molecule has 0 aromatic heterocycles. The molecule has 0 aliphatic heterocycles. The summed E-state index contributed by atoms with van der Waals surface area (Å²) in [4.78, 5) is 14.4. The zero-order chi connectivity index (χ0) is 25.4. The van der Waals surface area contributed by atoms with Gasteiger partial charge in [-0.05, 0) is 53.4 Å². The number of hydrogen-bond donors (Lipinski definition) is 1. The third-order valence-electron chi connectivity index (χ3n) is 5.06. The van der Waals surface area contributed by atoms with Crippen molar-refractivity contribution in [2.45, 2.75) is 31.8 Å². The molecule has 0 saturated heterocycles. The number of urea groups is 1. The van der Waals surface area contributed by atoms with Crippen molar-refractivity contribution in [2.24, 2.45) is 5.92 Å². The molecule has 35 heavy (non-hydrogen) atoms. The first-order chi connectivity index (χ1) is 16.7. The molecule has 186 valence electrons. The normalized spacial score (nSPS) is 11.2. The van der Waals surface area contributed by atoms with Crippen molar-refractivity contribution in [2.75, 3.05) is 13.7 Å². The van der Waals surface area contributed by atoms with E-state index >= 15 is 0 Å². The second kappa shape index (κ2) is 11.7. The Labute approximate surface area is 205 Å². The van der Waals surface area contributed by atoms with E-state index in [1.54, 1.807) is 17.0 Å². The quantitative estimate of drug-likeness (QED) is 0.398. The Morgan fingerprint density at radius 1 is 0.971 bits per heavy atom. The minimum atomic E-state index is -4.22. The SMILES string of the molecule is COc1ccc(CN(CC(C)C)C(=O)NCc2ccccc2)cc1OS(=O)(=O)c1ccc(F)cc1. The highest BCUT2D eigenvalue weighted by atomic mass is 32.2. The summed E-state index contributed by atoms with van der Waals surface area (Å²) >= 11 is 0. The van der Waals surface area contributed by atoms with Gasteiger partial charge in [0.15, 0.2) is 11.5 Å². The highest BCUT2D eigenvalue weighted by molar-refractivity contribution is 7.87. The molecule has 0 saturated carbocycles. The van der Waals surface area contributed by atoms with Crippen LogP contribution in [0.2, 0.25) is 0 Å². The third kappa shape index (κ3) is 7.45. The summed E-state index contributed by atoms with van der Waals surface area (Å²) in [6, 6.07) is 18.6. The number of rotatable bonds is 10. The van der Waals surface area contributed by atoms with Gasteiger partial charge in [0.1, 0.15) is 10.7 Å². The zero-order valence-electron chi connectivity index (χ0n) is 19.9. The third-order valence-corrected chi connectivity index (χ3v) is 6.31. The predicted molar refractivity (Wildman–Crippen MR) is 131 cm³/mol. The van der Waals surface area contributed by atoms with E-state index in [2.05, 4.69) is 5.32 Å². The van der Waals surface area contributed by atoms with Gasteiger partial charge in [0, 0.05) is 19.6 Å². The van der Waals surface area contributed by atoms with Gasteiger partial charge < -0.3 is 19.1 Å². The van der Waals surface area contributed by atoms with Crippen LogP contribution in [0.25, 0.3) is 0 Å². The molecule has 0 spiro atoms. The lowest BCUT2D eigenvalue weighted by Crippen LogP contribution is -2.41. The topological polar surface area (TPSA) is 84.9 Å². The molecule has 9 heteroatoms. The van der Waals surface area contributed by atoms with Crippen LogP contribution in [-0.2, 0) is 23.2 Å². The molecule has 3 rings (SSSR count). The summed E-state index contributed by atoms with van der Waals surface area (Å²) in [6.07, 6.45) is 0. The van der Waals surface area contributed by atoms with Gasteiger partial charge in [-0.25, -0.2) is 9.18 Å². The Balaban J connectivity index is 1.79. The molecule has 2 amide bonds. The van der Waals surface area contributed by atoms with Gasteiger partial charge in [0.2, 0.25) is 0 Å². The number of carbonyl (C=O) groups excluding carboxylic acids is 1. The van der Waals surface area contributed by atoms with Gasteiger partial charge in [0.05, 0.1) is 7.11 Å². The first kappa shape index (κ1) is 26.0. The van der Waals surface area contributed by atoms with Crippen LogP contribution in [0.1, 0.15) is 25.0 Å². The minimum absolute atomic E-state index is 0.0245. The largest absolute Gasteiger partial charge is 0.493 e. The Bertz CT molecular complexity index is 1230. The number of hydrogen-bond acceptors (Lipinski definition) is 5.